The lowest BCUT2D eigenvalue weighted by Crippen LogP contribution is -2.27. The predicted octanol–water partition coefficient (Wildman–Crippen LogP) is 4.14. The lowest BCUT2D eigenvalue weighted by Gasteiger charge is -2.24. The van der Waals surface area contributed by atoms with E-state index < -0.39 is 11.0 Å². The summed E-state index contributed by atoms with van der Waals surface area (Å²) in [6.07, 6.45) is 0.838. The van der Waals surface area contributed by atoms with Crippen LogP contribution in [0.2, 0.25) is 0 Å². The van der Waals surface area contributed by atoms with E-state index in [1.807, 2.05) is 0 Å². The molecule has 0 spiro atoms. The molecule has 0 aromatic rings. The molecule has 0 nitrogen and oxygen atoms in total. The van der Waals surface area contributed by atoms with Crippen LogP contribution in [0.15, 0.2) is 0 Å². The highest BCUT2D eigenvalue weighted by molar-refractivity contribution is 9.09. The molecule has 2 aliphatic rings. The Kier molecular flexibility index (Phi) is 2.84. The molecule has 4 atom stereocenters. The zero-order valence-electron chi connectivity index (χ0n) is 7.86. The lowest BCUT2D eigenvalue weighted by atomic mass is 9.85. The molecule has 2 rings (SSSR count). The maximum Gasteiger partial charge on any atom is 0.401 e. The van der Waals surface area contributed by atoms with Crippen LogP contribution in [0.1, 0.15) is 32.1 Å². The molecular formula is C10H14BrF3. The minimum absolute atomic E-state index is 0.282. The van der Waals surface area contributed by atoms with Crippen LogP contribution in [-0.4, -0.2) is 11.0 Å². The van der Waals surface area contributed by atoms with Gasteiger partial charge in [-0.2, -0.15) is 13.2 Å². The summed E-state index contributed by atoms with van der Waals surface area (Å²) >= 11 is 2.75. The van der Waals surface area contributed by atoms with Gasteiger partial charge >= 0.3 is 6.18 Å². The summed E-state index contributed by atoms with van der Waals surface area (Å²) in [5.74, 6) is 1.64. The molecule has 2 saturated carbocycles. The fraction of sp³-hybridized carbons (Fsp3) is 1.00. The topological polar surface area (TPSA) is 0 Å². The molecular weight excluding hydrogens is 257 g/mol. The van der Waals surface area contributed by atoms with Crippen molar-refractivity contribution < 1.29 is 13.2 Å². The highest BCUT2D eigenvalue weighted by Crippen LogP contribution is 2.51. The first-order chi connectivity index (χ1) is 6.47. The number of fused-ring (bicyclic) bond motifs is 2. The molecule has 14 heavy (non-hydrogen) atoms. The van der Waals surface area contributed by atoms with E-state index in [0.717, 1.165) is 18.8 Å². The molecule has 2 aliphatic carbocycles. The zero-order valence-corrected chi connectivity index (χ0v) is 9.44. The van der Waals surface area contributed by atoms with E-state index in [1.165, 1.54) is 12.8 Å². The van der Waals surface area contributed by atoms with E-state index in [-0.39, 0.29) is 6.42 Å². The van der Waals surface area contributed by atoms with Crippen molar-refractivity contribution in [2.45, 2.75) is 43.1 Å². The Bertz CT molecular complexity index is 214. The van der Waals surface area contributed by atoms with E-state index >= 15 is 0 Å². The number of alkyl halides is 4. The Morgan fingerprint density at radius 1 is 1.21 bits per heavy atom. The van der Waals surface area contributed by atoms with E-state index in [4.69, 9.17) is 0 Å². The number of hydrogen-bond acceptors (Lipinski definition) is 0. The quantitative estimate of drug-likeness (QED) is 0.662. The van der Waals surface area contributed by atoms with Gasteiger partial charge in [0.1, 0.15) is 4.83 Å². The third-order valence-corrected chi connectivity index (χ3v) is 4.64. The molecule has 0 N–H and O–H groups in total. The highest BCUT2D eigenvalue weighted by atomic mass is 79.9. The number of rotatable bonds is 2. The van der Waals surface area contributed by atoms with Crippen LogP contribution >= 0.6 is 15.9 Å². The van der Waals surface area contributed by atoms with Crippen molar-refractivity contribution in [3.05, 3.63) is 0 Å². The van der Waals surface area contributed by atoms with E-state index in [9.17, 15) is 13.2 Å². The molecule has 2 unspecified atom stereocenters. The van der Waals surface area contributed by atoms with Crippen molar-refractivity contribution >= 4 is 15.9 Å². The molecule has 82 valence electrons. The third-order valence-electron chi connectivity index (χ3n) is 3.75. The van der Waals surface area contributed by atoms with Crippen LogP contribution in [0.25, 0.3) is 0 Å². The molecule has 0 heterocycles. The molecule has 2 bridgehead atoms. The monoisotopic (exact) mass is 270 g/mol. The van der Waals surface area contributed by atoms with Gasteiger partial charge in [-0.3, -0.25) is 0 Å². The maximum atomic E-state index is 12.3. The van der Waals surface area contributed by atoms with Gasteiger partial charge in [0.15, 0.2) is 0 Å². The molecule has 0 aromatic carbocycles. The van der Waals surface area contributed by atoms with Gasteiger partial charge < -0.3 is 0 Å². The summed E-state index contributed by atoms with van der Waals surface area (Å²) in [5.41, 5.74) is 0. The van der Waals surface area contributed by atoms with Crippen molar-refractivity contribution in [2.75, 3.05) is 0 Å². The molecule has 2 fully saturated rings. The van der Waals surface area contributed by atoms with Crippen molar-refractivity contribution in [1.29, 1.82) is 0 Å². The Morgan fingerprint density at radius 3 is 2.36 bits per heavy atom. The van der Waals surface area contributed by atoms with Crippen molar-refractivity contribution in [3.8, 4) is 0 Å². The second kappa shape index (κ2) is 3.69. The highest BCUT2D eigenvalue weighted by Gasteiger charge is 2.45. The minimum atomic E-state index is -4.07. The first kappa shape index (κ1) is 10.8. The second-order valence-corrected chi connectivity index (χ2v) is 5.79. The largest absolute Gasteiger partial charge is 0.401 e. The smallest absolute Gasteiger partial charge is 0.170 e. The van der Waals surface area contributed by atoms with Crippen LogP contribution in [-0.2, 0) is 0 Å². The second-order valence-electron chi connectivity index (χ2n) is 4.68. The van der Waals surface area contributed by atoms with Gasteiger partial charge in [0.2, 0.25) is 0 Å². The van der Waals surface area contributed by atoms with Crippen molar-refractivity contribution in [3.63, 3.8) is 0 Å². The van der Waals surface area contributed by atoms with Crippen molar-refractivity contribution in [1.82, 2.24) is 0 Å². The first-order valence-corrected chi connectivity index (χ1v) is 6.09. The van der Waals surface area contributed by atoms with Crippen LogP contribution in [0.5, 0.6) is 0 Å². The van der Waals surface area contributed by atoms with E-state index in [0.29, 0.717) is 11.8 Å². The molecule has 0 aromatic heterocycles. The standard InChI is InChI=1S/C10H14BrF3/c11-9(10(12,13)14)5-8-4-6-1-2-7(8)3-6/h6-9H,1-5H2/t6-,7+,8?,9?/m1/s1. The summed E-state index contributed by atoms with van der Waals surface area (Å²) in [5, 5.41) is 0. The zero-order chi connectivity index (χ0) is 10.3. The van der Waals surface area contributed by atoms with Gasteiger partial charge in [-0.15, -0.1) is 0 Å². The van der Waals surface area contributed by atoms with Crippen LogP contribution in [0.3, 0.4) is 0 Å². The average Bonchev–Trinajstić information content (AvgIpc) is 2.62. The molecule has 0 amide bonds. The van der Waals surface area contributed by atoms with Gasteiger partial charge in [-0.1, -0.05) is 22.4 Å². The van der Waals surface area contributed by atoms with Crippen LogP contribution in [0, 0.1) is 17.8 Å². The summed E-state index contributed by atoms with van der Waals surface area (Å²) in [4.78, 5) is -1.29. The van der Waals surface area contributed by atoms with Crippen molar-refractivity contribution in [2.24, 2.45) is 17.8 Å². The summed E-state index contributed by atoms with van der Waals surface area (Å²) < 4.78 is 36.9. The van der Waals surface area contributed by atoms with Gasteiger partial charge in [0.25, 0.3) is 0 Å². The van der Waals surface area contributed by atoms with Gasteiger partial charge in [0.05, 0.1) is 0 Å². The Balaban J connectivity index is 1.87. The van der Waals surface area contributed by atoms with Crippen LogP contribution < -0.4 is 0 Å². The number of hydrogen-bond donors (Lipinski definition) is 0. The fourth-order valence-corrected chi connectivity index (χ4v) is 3.54. The summed E-state index contributed by atoms with van der Waals surface area (Å²) in [6, 6.07) is 0. The van der Waals surface area contributed by atoms with Gasteiger partial charge in [-0.25, -0.2) is 0 Å². The number of halogens is 4. The van der Waals surface area contributed by atoms with E-state index in [1.54, 1.807) is 0 Å². The predicted molar refractivity (Wildman–Crippen MR) is 52.3 cm³/mol. The molecule has 0 radical (unpaired) electrons. The summed E-state index contributed by atoms with van der Waals surface area (Å²) in [6.45, 7) is 0. The maximum absolute atomic E-state index is 12.3. The van der Waals surface area contributed by atoms with Gasteiger partial charge in [-0.05, 0) is 43.4 Å². The van der Waals surface area contributed by atoms with E-state index in [2.05, 4.69) is 15.9 Å². The molecule has 0 aliphatic heterocycles. The van der Waals surface area contributed by atoms with Gasteiger partial charge in [0, 0.05) is 0 Å². The molecule has 0 saturated heterocycles. The Hall–Kier alpha value is 0.270. The Morgan fingerprint density at radius 2 is 1.93 bits per heavy atom. The van der Waals surface area contributed by atoms with Crippen LogP contribution in [0.4, 0.5) is 13.2 Å². The SMILES string of the molecule is FC(F)(F)C(Br)CC1C[C@@H]2CC[C@H]1C2. The molecule has 4 heteroatoms. The fourth-order valence-electron chi connectivity index (χ4n) is 3.06. The normalized spacial score (nSPS) is 39.0. The third kappa shape index (κ3) is 2.10. The lowest BCUT2D eigenvalue weighted by molar-refractivity contribution is -0.130. The first-order valence-electron chi connectivity index (χ1n) is 5.17. The summed E-state index contributed by atoms with van der Waals surface area (Å²) in [7, 11) is 0. The minimum Gasteiger partial charge on any atom is -0.170 e. The Labute approximate surface area is 90.4 Å². The average molecular weight is 271 g/mol.